The van der Waals surface area contributed by atoms with E-state index in [4.69, 9.17) is 10.5 Å². The summed E-state index contributed by atoms with van der Waals surface area (Å²) in [4.78, 5) is 18.9. The Morgan fingerprint density at radius 1 is 1.24 bits per heavy atom. The predicted octanol–water partition coefficient (Wildman–Crippen LogP) is 4.25. The van der Waals surface area contributed by atoms with E-state index in [0.29, 0.717) is 19.4 Å². The minimum Gasteiger partial charge on any atom is -0.378 e. The van der Waals surface area contributed by atoms with Gasteiger partial charge in [0.1, 0.15) is 5.82 Å². The molecule has 150 valence electrons. The summed E-state index contributed by atoms with van der Waals surface area (Å²) < 4.78 is 7.71. The van der Waals surface area contributed by atoms with Gasteiger partial charge in [-0.15, -0.1) is 0 Å². The van der Waals surface area contributed by atoms with Crippen LogP contribution in [0.2, 0.25) is 0 Å². The van der Waals surface area contributed by atoms with Crippen LogP contribution in [0.15, 0.2) is 70.7 Å². The van der Waals surface area contributed by atoms with E-state index < -0.39 is 5.41 Å². The molecule has 1 aliphatic heterocycles. The van der Waals surface area contributed by atoms with Crippen LogP contribution >= 0.6 is 11.8 Å². The standard InChI is InChI=1S/C23H25N3O2S/c1-16-15-23(22(24)27,10-13-28-16)18-4-3-5-21(14-18)29-20-8-6-19(7-9-20)26-12-11-25-17(26)2/h3-9,11-12,14,16H,10,13,15H2,1-2H3,(H2,24,27). The monoisotopic (exact) mass is 407 g/mol. The highest BCUT2D eigenvalue weighted by Crippen LogP contribution is 2.39. The lowest BCUT2D eigenvalue weighted by molar-refractivity contribution is -0.129. The first-order valence-electron chi connectivity index (χ1n) is 9.78. The predicted molar refractivity (Wildman–Crippen MR) is 114 cm³/mol. The second kappa shape index (κ2) is 8.05. The topological polar surface area (TPSA) is 70.1 Å². The minimum absolute atomic E-state index is 0.0201. The molecule has 1 aliphatic rings. The summed E-state index contributed by atoms with van der Waals surface area (Å²) in [5, 5.41) is 0. The Morgan fingerprint density at radius 3 is 2.69 bits per heavy atom. The van der Waals surface area contributed by atoms with Gasteiger partial charge in [-0.2, -0.15) is 0 Å². The highest BCUT2D eigenvalue weighted by atomic mass is 32.2. The van der Waals surface area contributed by atoms with E-state index in [1.165, 1.54) is 0 Å². The fourth-order valence-corrected chi connectivity index (χ4v) is 4.91. The maximum atomic E-state index is 12.4. The number of carbonyl (C=O) groups is 1. The molecule has 4 rings (SSSR count). The number of hydrogen-bond acceptors (Lipinski definition) is 4. The van der Waals surface area contributed by atoms with Gasteiger partial charge >= 0.3 is 0 Å². The molecule has 6 heteroatoms. The molecule has 2 N–H and O–H groups in total. The summed E-state index contributed by atoms with van der Waals surface area (Å²) in [5.41, 5.74) is 7.28. The number of nitrogens with two attached hydrogens (primary N) is 1. The van der Waals surface area contributed by atoms with E-state index >= 15 is 0 Å². The summed E-state index contributed by atoms with van der Waals surface area (Å²) in [5.74, 6) is 0.690. The number of ether oxygens (including phenoxy) is 1. The zero-order valence-corrected chi connectivity index (χ0v) is 17.5. The van der Waals surface area contributed by atoms with Crippen molar-refractivity contribution in [2.24, 2.45) is 5.73 Å². The normalized spacial score (nSPS) is 21.8. The van der Waals surface area contributed by atoms with Crippen LogP contribution in [0, 0.1) is 6.92 Å². The van der Waals surface area contributed by atoms with Gasteiger partial charge in [-0.3, -0.25) is 4.79 Å². The van der Waals surface area contributed by atoms with Crippen molar-refractivity contribution < 1.29 is 9.53 Å². The number of rotatable bonds is 5. The molecule has 3 aromatic rings. The number of benzene rings is 2. The van der Waals surface area contributed by atoms with Crippen molar-refractivity contribution in [3.8, 4) is 5.69 Å². The molecule has 0 saturated carbocycles. The molecular weight excluding hydrogens is 382 g/mol. The third-order valence-electron chi connectivity index (χ3n) is 5.60. The van der Waals surface area contributed by atoms with Gasteiger partial charge in [0.25, 0.3) is 0 Å². The average molecular weight is 408 g/mol. The summed E-state index contributed by atoms with van der Waals surface area (Å²) in [6, 6.07) is 16.6. The molecule has 2 heterocycles. The Hall–Kier alpha value is -2.57. The number of carbonyl (C=O) groups excluding carboxylic acids is 1. The van der Waals surface area contributed by atoms with E-state index in [-0.39, 0.29) is 12.0 Å². The minimum atomic E-state index is -0.656. The Morgan fingerprint density at radius 2 is 2.03 bits per heavy atom. The van der Waals surface area contributed by atoms with Gasteiger partial charge in [0.2, 0.25) is 5.91 Å². The van der Waals surface area contributed by atoms with Crippen LogP contribution in [-0.4, -0.2) is 28.2 Å². The molecule has 2 unspecified atom stereocenters. The number of nitrogens with zero attached hydrogens (tertiary/aromatic N) is 2. The fourth-order valence-electron chi connectivity index (χ4n) is 4.03. The van der Waals surface area contributed by atoms with Crippen LogP contribution in [0.5, 0.6) is 0 Å². The highest BCUT2D eigenvalue weighted by Gasteiger charge is 2.42. The van der Waals surface area contributed by atoms with E-state index in [1.54, 1.807) is 18.0 Å². The Bertz CT molecular complexity index is 1010. The molecule has 0 radical (unpaired) electrons. The molecule has 1 fully saturated rings. The van der Waals surface area contributed by atoms with Crippen LogP contribution in [0.1, 0.15) is 31.2 Å². The van der Waals surface area contributed by atoms with Crippen molar-refractivity contribution in [3.63, 3.8) is 0 Å². The molecule has 0 spiro atoms. The lowest BCUT2D eigenvalue weighted by Gasteiger charge is -2.38. The molecular formula is C23H25N3O2S. The largest absolute Gasteiger partial charge is 0.378 e. The third kappa shape index (κ3) is 3.95. The molecule has 2 atom stereocenters. The molecule has 0 bridgehead atoms. The van der Waals surface area contributed by atoms with E-state index in [2.05, 4.69) is 45.9 Å². The summed E-state index contributed by atoms with van der Waals surface area (Å²) in [6.07, 6.45) is 5.02. The third-order valence-corrected chi connectivity index (χ3v) is 6.60. The molecule has 0 aliphatic carbocycles. The molecule has 2 aromatic carbocycles. The van der Waals surface area contributed by atoms with Gasteiger partial charge in [-0.05, 0) is 68.7 Å². The van der Waals surface area contributed by atoms with Crippen LogP contribution in [0.4, 0.5) is 0 Å². The second-order valence-corrected chi connectivity index (χ2v) is 8.70. The van der Waals surface area contributed by atoms with E-state index in [1.807, 2.05) is 32.2 Å². The van der Waals surface area contributed by atoms with Gasteiger partial charge in [0.05, 0.1) is 11.5 Å². The zero-order chi connectivity index (χ0) is 20.4. The molecule has 1 saturated heterocycles. The van der Waals surface area contributed by atoms with Crippen LogP contribution in [-0.2, 0) is 14.9 Å². The van der Waals surface area contributed by atoms with Crippen molar-refractivity contribution in [3.05, 3.63) is 72.3 Å². The summed E-state index contributed by atoms with van der Waals surface area (Å²) >= 11 is 1.68. The van der Waals surface area contributed by atoms with Crippen molar-refractivity contribution >= 4 is 17.7 Å². The molecule has 5 nitrogen and oxygen atoms in total. The SMILES string of the molecule is Cc1nccn1-c1ccc(Sc2cccc(C3(C(N)=O)CCOC(C)C3)c2)cc1. The summed E-state index contributed by atoms with van der Waals surface area (Å²) in [6.45, 7) is 4.54. The van der Waals surface area contributed by atoms with Crippen molar-refractivity contribution in [2.45, 2.75) is 48.0 Å². The molecule has 29 heavy (non-hydrogen) atoms. The molecule has 1 amide bonds. The van der Waals surface area contributed by atoms with Crippen molar-refractivity contribution in [1.29, 1.82) is 0 Å². The first kappa shape index (κ1) is 19.7. The zero-order valence-electron chi connectivity index (χ0n) is 16.7. The van der Waals surface area contributed by atoms with Gasteiger partial charge in [0.15, 0.2) is 0 Å². The fraction of sp³-hybridized carbons (Fsp3) is 0.304. The average Bonchev–Trinajstić information content (AvgIpc) is 3.14. The number of aryl methyl sites for hydroxylation is 1. The number of primary amides is 1. The Labute approximate surface area is 175 Å². The first-order valence-corrected chi connectivity index (χ1v) is 10.6. The number of hydrogen-bond donors (Lipinski definition) is 1. The number of aromatic nitrogens is 2. The van der Waals surface area contributed by atoms with Gasteiger partial charge in [0, 0.05) is 34.5 Å². The van der Waals surface area contributed by atoms with Crippen molar-refractivity contribution in [2.75, 3.05) is 6.61 Å². The smallest absolute Gasteiger partial charge is 0.228 e. The molecule has 1 aromatic heterocycles. The Kier molecular flexibility index (Phi) is 5.48. The highest BCUT2D eigenvalue weighted by molar-refractivity contribution is 7.99. The number of amides is 1. The van der Waals surface area contributed by atoms with Crippen molar-refractivity contribution in [1.82, 2.24) is 9.55 Å². The lowest BCUT2D eigenvalue weighted by atomic mass is 9.72. The maximum Gasteiger partial charge on any atom is 0.228 e. The van der Waals surface area contributed by atoms with Crippen LogP contribution in [0.3, 0.4) is 0 Å². The quantitative estimate of drug-likeness (QED) is 0.686. The maximum absolute atomic E-state index is 12.4. The van der Waals surface area contributed by atoms with Gasteiger partial charge in [-0.1, -0.05) is 23.9 Å². The number of imidazole rings is 1. The lowest BCUT2D eigenvalue weighted by Crippen LogP contribution is -2.47. The second-order valence-electron chi connectivity index (χ2n) is 7.55. The Balaban J connectivity index is 1.58. The van der Waals surface area contributed by atoms with Gasteiger partial charge in [-0.25, -0.2) is 4.98 Å². The van der Waals surface area contributed by atoms with Crippen LogP contribution < -0.4 is 5.73 Å². The van der Waals surface area contributed by atoms with Gasteiger partial charge < -0.3 is 15.0 Å². The first-order chi connectivity index (χ1) is 14.0. The van der Waals surface area contributed by atoms with E-state index in [9.17, 15) is 4.79 Å². The van der Waals surface area contributed by atoms with Crippen LogP contribution in [0.25, 0.3) is 5.69 Å². The summed E-state index contributed by atoms with van der Waals surface area (Å²) in [7, 11) is 0. The van der Waals surface area contributed by atoms with E-state index in [0.717, 1.165) is 26.9 Å².